The van der Waals surface area contributed by atoms with Crippen molar-refractivity contribution in [3.8, 4) is 0 Å². The summed E-state index contributed by atoms with van der Waals surface area (Å²) >= 11 is 4.34. The van der Waals surface area contributed by atoms with Crippen LogP contribution in [0.15, 0.2) is 0 Å². The second-order valence-electron chi connectivity index (χ2n) is 4.76. The van der Waals surface area contributed by atoms with Crippen molar-refractivity contribution in [1.82, 2.24) is 9.80 Å². The molecule has 3 amide bonds. The zero-order valence-corrected chi connectivity index (χ0v) is 11.3. The Morgan fingerprint density at radius 3 is 2.38 bits per heavy atom. The molecule has 1 unspecified atom stereocenters. The topological polar surface area (TPSA) is 40.6 Å². The second-order valence-corrected chi connectivity index (χ2v) is 5.64. The van der Waals surface area contributed by atoms with Gasteiger partial charge < -0.3 is 4.90 Å². The minimum Gasteiger partial charge on any atom is -0.301 e. The van der Waals surface area contributed by atoms with Gasteiger partial charge in [0.15, 0.2) is 4.87 Å². The highest BCUT2D eigenvalue weighted by atomic mass is 32.1. The van der Waals surface area contributed by atoms with Crippen LogP contribution in [0.25, 0.3) is 0 Å². The summed E-state index contributed by atoms with van der Waals surface area (Å²) in [4.78, 5) is 25.9. The van der Waals surface area contributed by atoms with Gasteiger partial charge in [0, 0.05) is 13.1 Å². The van der Waals surface area contributed by atoms with Crippen LogP contribution in [0, 0.1) is 5.92 Å². The molecule has 0 radical (unpaired) electrons. The van der Waals surface area contributed by atoms with Crippen LogP contribution in [-0.2, 0) is 4.79 Å². The van der Waals surface area contributed by atoms with E-state index in [4.69, 9.17) is 0 Å². The fourth-order valence-corrected chi connectivity index (χ4v) is 2.12. The first-order chi connectivity index (χ1) is 7.32. The van der Waals surface area contributed by atoms with E-state index in [1.54, 1.807) is 11.8 Å². The molecule has 1 rings (SSSR count). The average molecular weight is 244 g/mol. The van der Waals surface area contributed by atoms with E-state index in [9.17, 15) is 9.59 Å². The van der Waals surface area contributed by atoms with E-state index in [1.165, 1.54) is 4.90 Å². The summed E-state index contributed by atoms with van der Waals surface area (Å²) in [6.45, 7) is 8.71. The summed E-state index contributed by atoms with van der Waals surface area (Å²) in [5, 5.41) is 0. The number of carbonyl (C=O) groups is 2. The van der Waals surface area contributed by atoms with Gasteiger partial charge in [-0.05, 0) is 19.3 Å². The van der Waals surface area contributed by atoms with Crippen molar-refractivity contribution in [2.75, 3.05) is 13.1 Å². The number of carbonyl (C=O) groups excluding carboxylic acids is 2. The highest BCUT2D eigenvalue weighted by Gasteiger charge is 2.51. The summed E-state index contributed by atoms with van der Waals surface area (Å²) in [5.41, 5.74) is 0. The Morgan fingerprint density at radius 1 is 1.38 bits per heavy atom. The van der Waals surface area contributed by atoms with Gasteiger partial charge in [-0.2, -0.15) is 0 Å². The van der Waals surface area contributed by atoms with Gasteiger partial charge in [-0.1, -0.05) is 20.8 Å². The van der Waals surface area contributed by atoms with Crippen LogP contribution in [0.4, 0.5) is 4.79 Å². The minimum atomic E-state index is -0.990. The fourth-order valence-electron chi connectivity index (χ4n) is 1.83. The third-order valence-corrected chi connectivity index (χ3v) is 3.07. The lowest BCUT2D eigenvalue weighted by atomic mass is 10.2. The van der Waals surface area contributed by atoms with Crippen LogP contribution < -0.4 is 0 Å². The van der Waals surface area contributed by atoms with E-state index in [2.05, 4.69) is 12.6 Å². The van der Waals surface area contributed by atoms with Crippen LogP contribution in [-0.4, -0.2) is 39.7 Å². The molecular formula is C11H20N2O2S. The lowest BCUT2D eigenvalue weighted by Crippen LogP contribution is -2.43. The van der Waals surface area contributed by atoms with Crippen molar-refractivity contribution >= 4 is 24.6 Å². The standard InChI is InChI=1S/C11H20N2O2S/c1-5-6-12-9(14)11(4,16)13(10(12)15)7-8(2)3/h8,16H,5-7H2,1-4H3. The third kappa shape index (κ3) is 2.19. The predicted octanol–water partition coefficient (Wildman–Crippen LogP) is 1.96. The molecule has 1 heterocycles. The Morgan fingerprint density at radius 2 is 1.94 bits per heavy atom. The van der Waals surface area contributed by atoms with Crippen molar-refractivity contribution < 1.29 is 9.59 Å². The Hall–Kier alpha value is -0.710. The number of imide groups is 1. The van der Waals surface area contributed by atoms with Crippen molar-refractivity contribution in [3.05, 3.63) is 0 Å². The maximum atomic E-state index is 12.0. The summed E-state index contributed by atoms with van der Waals surface area (Å²) in [7, 11) is 0. The van der Waals surface area contributed by atoms with Crippen LogP contribution >= 0.6 is 12.6 Å². The van der Waals surface area contributed by atoms with Crippen LogP contribution in [0.2, 0.25) is 0 Å². The number of amides is 3. The lowest BCUT2D eigenvalue weighted by molar-refractivity contribution is -0.129. The molecule has 0 saturated carbocycles. The van der Waals surface area contributed by atoms with Gasteiger partial charge in [-0.3, -0.25) is 9.69 Å². The van der Waals surface area contributed by atoms with Gasteiger partial charge in [0.25, 0.3) is 5.91 Å². The Labute approximate surface area is 102 Å². The molecule has 4 nitrogen and oxygen atoms in total. The second kappa shape index (κ2) is 4.65. The molecule has 0 aromatic rings. The highest BCUT2D eigenvalue weighted by Crippen LogP contribution is 2.31. The number of urea groups is 1. The SMILES string of the molecule is CCCN1C(=O)N(CC(C)C)C(C)(S)C1=O. The van der Waals surface area contributed by atoms with Crippen molar-refractivity contribution in [1.29, 1.82) is 0 Å². The summed E-state index contributed by atoms with van der Waals surface area (Å²) in [6, 6.07) is -0.210. The van der Waals surface area contributed by atoms with Gasteiger partial charge >= 0.3 is 6.03 Å². The van der Waals surface area contributed by atoms with E-state index in [1.807, 2.05) is 20.8 Å². The molecular weight excluding hydrogens is 224 g/mol. The molecule has 0 N–H and O–H groups in total. The minimum absolute atomic E-state index is 0.205. The Bertz CT molecular complexity index is 302. The van der Waals surface area contributed by atoms with E-state index in [0.29, 0.717) is 19.0 Å². The zero-order valence-electron chi connectivity index (χ0n) is 10.4. The first-order valence-electron chi connectivity index (χ1n) is 5.68. The molecule has 16 heavy (non-hydrogen) atoms. The lowest BCUT2D eigenvalue weighted by Gasteiger charge is -2.28. The highest BCUT2D eigenvalue weighted by molar-refractivity contribution is 7.82. The van der Waals surface area contributed by atoms with E-state index >= 15 is 0 Å². The molecule has 1 aliphatic rings. The first-order valence-corrected chi connectivity index (χ1v) is 6.13. The summed E-state index contributed by atoms with van der Waals surface area (Å²) < 4.78 is 0. The van der Waals surface area contributed by atoms with Gasteiger partial charge in [0.2, 0.25) is 0 Å². The smallest absolute Gasteiger partial charge is 0.301 e. The number of rotatable bonds is 4. The normalized spacial score (nSPS) is 26.1. The molecule has 1 atom stereocenters. The molecule has 1 fully saturated rings. The maximum absolute atomic E-state index is 12.0. The summed E-state index contributed by atoms with van der Waals surface area (Å²) in [6.07, 6.45) is 0.775. The third-order valence-electron chi connectivity index (χ3n) is 2.63. The molecule has 5 heteroatoms. The number of hydrogen-bond acceptors (Lipinski definition) is 3. The van der Waals surface area contributed by atoms with E-state index in [-0.39, 0.29) is 11.9 Å². The molecule has 0 aliphatic carbocycles. The Balaban J connectivity index is 2.93. The molecule has 0 spiro atoms. The van der Waals surface area contributed by atoms with E-state index in [0.717, 1.165) is 6.42 Å². The quantitative estimate of drug-likeness (QED) is 0.606. The van der Waals surface area contributed by atoms with Crippen LogP contribution in [0.3, 0.4) is 0 Å². The molecule has 0 aromatic heterocycles. The Kier molecular flexibility index (Phi) is 3.88. The maximum Gasteiger partial charge on any atom is 0.328 e. The monoisotopic (exact) mass is 244 g/mol. The average Bonchev–Trinajstić information content (AvgIpc) is 2.32. The zero-order chi connectivity index (χ0) is 12.5. The van der Waals surface area contributed by atoms with Gasteiger partial charge in [-0.25, -0.2) is 4.79 Å². The molecule has 92 valence electrons. The number of thiol groups is 1. The summed E-state index contributed by atoms with van der Waals surface area (Å²) in [5.74, 6) is 0.119. The number of hydrogen-bond donors (Lipinski definition) is 1. The van der Waals surface area contributed by atoms with E-state index < -0.39 is 4.87 Å². The molecule has 1 aliphatic heterocycles. The first kappa shape index (κ1) is 13.4. The number of nitrogens with zero attached hydrogens (tertiary/aromatic N) is 2. The molecule has 0 bridgehead atoms. The van der Waals surface area contributed by atoms with Gasteiger partial charge in [-0.15, -0.1) is 12.6 Å². The van der Waals surface area contributed by atoms with Crippen molar-refractivity contribution in [3.63, 3.8) is 0 Å². The van der Waals surface area contributed by atoms with Crippen molar-refractivity contribution in [2.45, 2.75) is 39.0 Å². The van der Waals surface area contributed by atoms with Gasteiger partial charge in [0.05, 0.1) is 0 Å². The predicted molar refractivity (Wildman–Crippen MR) is 66.3 cm³/mol. The van der Waals surface area contributed by atoms with Gasteiger partial charge in [0.1, 0.15) is 0 Å². The molecule has 0 aromatic carbocycles. The fraction of sp³-hybridized carbons (Fsp3) is 0.818. The largest absolute Gasteiger partial charge is 0.328 e. The van der Waals surface area contributed by atoms with Crippen LogP contribution in [0.1, 0.15) is 34.1 Å². The molecule has 1 saturated heterocycles. The van der Waals surface area contributed by atoms with Crippen LogP contribution in [0.5, 0.6) is 0 Å². The van der Waals surface area contributed by atoms with Crippen molar-refractivity contribution in [2.24, 2.45) is 5.92 Å².